The highest BCUT2D eigenvalue weighted by molar-refractivity contribution is 7.92. The second kappa shape index (κ2) is 8.88. The van der Waals surface area contributed by atoms with Gasteiger partial charge in [0.1, 0.15) is 5.82 Å². The summed E-state index contributed by atoms with van der Waals surface area (Å²) in [5.41, 5.74) is 4.76. The Bertz CT molecular complexity index is 1180. The van der Waals surface area contributed by atoms with Crippen molar-refractivity contribution in [2.45, 2.75) is 43.3 Å². The maximum absolute atomic E-state index is 13.3. The van der Waals surface area contributed by atoms with Crippen LogP contribution in [0.5, 0.6) is 0 Å². The Morgan fingerprint density at radius 1 is 1.13 bits per heavy atom. The molecule has 0 atom stereocenters. The lowest BCUT2D eigenvalue weighted by Gasteiger charge is -2.31. The first-order valence-corrected chi connectivity index (χ1v) is 13.0. The van der Waals surface area contributed by atoms with E-state index in [1.165, 1.54) is 22.8 Å². The molecule has 0 radical (unpaired) electrons. The van der Waals surface area contributed by atoms with Gasteiger partial charge in [0.05, 0.1) is 20.9 Å². The van der Waals surface area contributed by atoms with Crippen LogP contribution in [-0.2, 0) is 16.3 Å². The number of aryl methyl sites for hydroxylation is 2. The van der Waals surface area contributed by atoms with Gasteiger partial charge in [-0.05, 0) is 50.5 Å². The molecule has 8 heteroatoms. The highest BCUT2D eigenvalue weighted by Crippen LogP contribution is 2.32. The van der Waals surface area contributed by atoms with Gasteiger partial charge in [-0.2, -0.15) is 0 Å². The van der Waals surface area contributed by atoms with Crippen LogP contribution in [0.4, 0.5) is 9.52 Å². The van der Waals surface area contributed by atoms with Crippen molar-refractivity contribution < 1.29 is 12.8 Å². The summed E-state index contributed by atoms with van der Waals surface area (Å²) in [5, 5.41) is 2.42. The molecule has 1 aromatic heterocycles. The first-order valence-electron chi connectivity index (χ1n) is 10.2. The molecule has 3 aromatic rings. The minimum atomic E-state index is -3.60. The average molecular weight is 479 g/mol. The lowest BCUT2D eigenvalue weighted by atomic mass is 10.0. The maximum atomic E-state index is 13.3. The van der Waals surface area contributed by atoms with Gasteiger partial charge in [0, 0.05) is 24.9 Å². The molecule has 0 N–H and O–H groups in total. The Balaban J connectivity index is 1.42. The fourth-order valence-corrected chi connectivity index (χ4v) is 7.29. The van der Waals surface area contributed by atoms with Crippen molar-refractivity contribution in [2.24, 2.45) is 0 Å². The zero-order valence-electron chi connectivity index (χ0n) is 17.4. The molecule has 2 aromatic carbocycles. The zero-order chi connectivity index (χ0) is 22.2. The van der Waals surface area contributed by atoms with Crippen LogP contribution >= 0.6 is 22.9 Å². The van der Waals surface area contributed by atoms with Gasteiger partial charge in [-0.3, -0.25) is 0 Å². The molecule has 0 aliphatic carbocycles. The summed E-state index contributed by atoms with van der Waals surface area (Å²) < 4.78 is 39.3. The van der Waals surface area contributed by atoms with Crippen molar-refractivity contribution in [3.63, 3.8) is 0 Å². The summed E-state index contributed by atoms with van der Waals surface area (Å²) in [6.07, 6.45) is 1.76. The molecular formula is C23H24ClFN2O2S2. The molecule has 1 aliphatic rings. The van der Waals surface area contributed by atoms with Crippen LogP contribution in [0, 0.1) is 19.7 Å². The molecule has 0 unspecified atom stereocenters. The summed E-state index contributed by atoms with van der Waals surface area (Å²) in [4.78, 5) is 6.95. The molecule has 1 saturated heterocycles. The van der Waals surface area contributed by atoms with Gasteiger partial charge in [0.2, 0.25) is 0 Å². The molecule has 0 spiro atoms. The summed E-state index contributed by atoms with van der Waals surface area (Å²) >= 11 is 7.60. The number of aromatic nitrogens is 1. The van der Waals surface area contributed by atoms with Crippen LogP contribution in [0.25, 0.3) is 0 Å². The second-order valence-electron chi connectivity index (χ2n) is 8.10. The van der Waals surface area contributed by atoms with E-state index in [0.29, 0.717) is 25.9 Å². The van der Waals surface area contributed by atoms with Crippen molar-refractivity contribution >= 4 is 37.9 Å². The van der Waals surface area contributed by atoms with Crippen LogP contribution in [0.15, 0.2) is 46.7 Å². The first-order chi connectivity index (χ1) is 14.7. The molecule has 4 nitrogen and oxygen atoms in total. The number of benzene rings is 2. The van der Waals surface area contributed by atoms with Gasteiger partial charge in [-0.1, -0.05) is 40.9 Å². The number of piperidine rings is 1. The standard InChI is InChI=1S/C23H24ClFN2O2S2/c1-15-9-16(2)11-17(10-15)12-19-14-30-23(26-19)27-7-5-20(6-8-27)31(28,29)22-4-3-18(25)13-21(22)24/h3-4,9-11,13-14,20H,5-8,12H2,1-2H3. The smallest absolute Gasteiger partial charge is 0.185 e. The Hall–Kier alpha value is -1.96. The Morgan fingerprint density at radius 2 is 1.81 bits per heavy atom. The Kier molecular flexibility index (Phi) is 6.37. The van der Waals surface area contributed by atoms with Crippen LogP contribution in [0.3, 0.4) is 0 Å². The van der Waals surface area contributed by atoms with E-state index in [-0.39, 0.29) is 9.92 Å². The van der Waals surface area contributed by atoms with E-state index in [1.54, 1.807) is 11.3 Å². The molecule has 164 valence electrons. The summed E-state index contributed by atoms with van der Waals surface area (Å²) in [5.74, 6) is -0.542. The van der Waals surface area contributed by atoms with Crippen LogP contribution in [0.1, 0.15) is 35.2 Å². The van der Waals surface area contributed by atoms with Gasteiger partial charge in [0.15, 0.2) is 15.0 Å². The number of sulfone groups is 1. The normalized spacial score (nSPS) is 15.4. The van der Waals surface area contributed by atoms with E-state index < -0.39 is 20.9 Å². The van der Waals surface area contributed by atoms with Crippen LogP contribution in [-0.4, -0.2) is 31.7 Å². The minimum absolute atomic E-state index is 0.0130. The molecule has 31 heavy (non-hydrogen) atoms. The fraction of sp³-hybridized carbons (Fsp3) is 0.348. The lowest BCUT2D eigenvalue weighted by Crippen LogP contribution is -2.39. The number of anilines is 1. The zero-order valence-corrected chi connectivity index (χ0v) is 19.8. The number of thiazole rings is 1. The fourth-order valence-electron chi connectivity index (χ4n) is 4.15. The van der Waals surface area contributed by atoms with Crippen molar-refractivity contribution in [3.05, 3.63) is 75.0 Å². The third kappa shape index (κ3) is 4.94. The predicted molar refractivity (Wildman–Crippen MR) is 125 cm³/mol. The van der Waals surface area contributed by atoms with E-state index >= 15 is 0 Å². The molecule has 1 aliphatic heterocycles. The van der Waals surface area contributed by atoms with Gasteiger partial charge >= 0.3 is 0 Å². The van der Waals surface area contributed by atoms with Crippen LogP contribution in [0.2, 0.25) is 5.02 Å². The van der Waals surface area contributed by atoms with E-state index in [0.717, 1.165) is 29.4 Å². The predicted octanol–water partition coefficient (Wildman–Crippen LogP) is 5.59. The van der Waals surface area contributed by atoms with Gasteiger partial charge in [0.25, 0.3) is 0 Å². The van der Waals surface area contributed by atoms with Gasteiger partial charge in [-0.15, -0.1) is 11.3 Å². The van der Waals surface area contributed by atoms with E-state index in [2.05, 4.69) is 42.3 Å². The van der Waals surface area contributed by atoms with Crippen molar-refractivity contribution in [1.82, 2.24) is 4.98 Å². The van der Waals surface area contributed by atoms with Crippen LogP contribution < -0.4 is 4.90 Å². The van der Waals surface area contributed by atoms with E-state index in [1.807, 2.05) is 0 Å². The molecule has 2 heterocycles. The third-order valence-electron chi connectivity index (χ3n) is 5.56. The van der Waals surface area contributed by atoms with Crippen molar-refractivity contribution in [3.8, 4) is 0 Å². The SMILES string of the molecule is Cc1cc(C)cc(Cc2csc(N3CCC(S(=O)(=O)c4ccc(F)cc4Cl)CC3)n2)c1. The topological polar surface area (TPSA) is 50.3 Å². The summed E-state index contributed by atoms with van der Waals surface area (Å²) in [6.45, 7) is 5.42. The first kappa shape index (κ1) is 22.2. The summed E-state index contributed by atoms with van der Waals surface area (Å²) in [6, 6.07) is 9.98. The summed E-state index contributed by atoms with van der Waals surface area (Å²) in [7, 11) is -3.60. The Morgan fingerprint density at radius 3 is 2.45 bits per heavy atom. The monoisotopic (exact) mass is 478 g/mol. The molecule has 0 saturated carbocycles. The quantitative estimate of drug-likeness (QED) is 0.449. The van der Waals surface area contributed by atoms with Gasteiger partial charge in [-0.25, -0.2) is 17.8 Å². The average Bonchev–Trinajstić information content (AvgIpc) is 3.15. The largest absolute Gasteiger partial charge is 0.348 e. The third-order valence-corrected chi connectivity index (χ3v) is 9.25. The van der Waals surface area contributed by atoms with E-state index in [4.69, 9.17) is 16.6 Å². The number of hydrogen-bond donors (Lipinski definition) is 0. The number of hydrogen-bond acceptors (Lipinski definition) is 5. The maximum Gasteiger partial charge on any atom is 0.185 e. The highest BCUT2D eigenvalue weighted by Gasteiger charge is 2.33. The van der Waals surface area contributed by atoms with Crippen molar-refractivity contribution in [2.75, 3.05) is 18.0 Å². The minimum Gasteiger partial charge on any atom is -0.348 e. The number of halogens is 2. The van der Waals surface area contributed by atoms with Gasteiger partial charge < -0.3 is 4.90 Å². The second-order valence-corrected chi connectivity index (χ2v) is 11.5. The molecule has 0 amide bonds. The number of rotatable bonds is 5. The number of nitrogens with zero attached hydrogens (tertiary/aromatic N) is 2. The molecule has 4 rings (SSSR count). The highest BCUT2D eigenvalue weighted by atomic mass is 35.5. The van der Waals surface area contributed by atoms with E-state index in [9.17, 15) is 12.8 Å². The van der Waals surface area contributed by atoms with Crippen molar-refractivity contribution in [1.29, 1.82) is 0 Å². The lowest BCUT2D eigenvalue weighted by molar-refractivity contribution is 0.529. The molecular weight excluding hydrogens is 455 g/mol. The molecule has 1 fully saturated rings. The Labute approximate surface area is 191 Å². The molecule has 0 bridgehead atoms.